The number of aromatic nitrogens is 5. The van der Waals surface area contributed by atoms with Gasteiger partial charge in [-0.05, 0) is 30.5 Å². The van der Waals surface area contributed by atoms with Crippen molar-refractivity contribution in [3.63, 3.8) is 0 Å². The lowest BCUT2D eigenvalue weighted by Crippen LogP contribution is -2.22. The number of methoxy groups -OCH3 is 2. The Morgan fingerprint density at radius 1 is 1.15 bits per heavy atom. The lowest BCUT2D eigenvalue weighted by atomic mass is 10.0. The van der Waals surface area contributed by atoms with Gasteiger partial charge in [-0.15, -0.1) is 10.2 Å². The Balaban J connectivity index is 1.78. The summed E-state index contributed by atoms with van der Waals surface area (Å²) in [4.78, 5) is 26.1. The SMILES string of the molecule is CNC(=O)c1nnc(NC(=O)C2CC2)cc1Nc1cc(COC)cc(-c2cnn(C)n2)c1OC. The molecule has 0 radical (unpaired) electrons. The van der Waals surface area contributed by atoms with E-state index in [4.69, 9.17) is 9.47 Å². The van der Waals surface area contributed by atoms with Crippen LogP contribution in [-0.2, 0) is 23.2 Å². The molecule has 2 amide bonds. The van der Waals surface area contributed by atoms with Gasteiger partial charge in [-0.25, -0.2) is 0 Å². The molecule has 12 nitrogen and oxygen atoms in total. The Labute approximate surface area is 196 Å². The Kier molecular flexibility index (Phi) is 6.68. The summed E-state index contributed by atoms with van der Waals surface area (Å²) in [7, 11) is 6.37. The summed E-state index contributed by atoms with van der Waals surface area (Å²) in [6, 6.07) is 5.32. The van der Waals surface area contributed by atoms with Crippen LogP contribution in [0.3, 0.4) is 0 Å². The molecule has 34 heavy (non-hydrogen) atoms. The second kappa shape index (κ2) is 9.83. The summed E-state index contributed by atoms with van der Waals surface area (Å²) in [6.45, 7) is 0.339. The molecule has 0 bridgehead atoms. The number of anilines is 3. The normalized spacial score (nSPS) is 12.8. The van der Waals surface area contributed by atoms with Crippen molar-refractivity contribution >= 4 is 29.0 Å². The van der Waals surface area contributed by atoms with Crippen LogP contribution >= 0.6 is 0 Å². The number of carbonyl (C=O) groups is 2. The molecule has 3 aromatic rings. The Morgan fingerprint density at radius 2 is 1.94 bits per heavy atom. The quantitative estimate of drug-likeness (QED) is 0.430. The molecular weight excluding hydrogens is 440 g/mol. The molecule has 178 valence electrons. The highest BCUT2D eigenvalue weighted by atomic mass is 16.5. The van der Waals surface area contributed by atoms with Crippen molar-refractivity contribution in [2.75, 3.05) is 31.9 Å². The smallest absolute Gasteiger partial charge is 0.273 e. The van der Waals surface area contributed by atoms with Crippen LogP contribution in [0.4, 0.5) is 17.2 Å². The minimum absolute atomic E-state index is 0.00261. The molecular formula is C22H26N8O4. The van der Waals surface area contributed by atoms with Crippen LogP contribution < -0.4 is 20.7 Å². The summed E-state index contributed by atoms with van der Waals surface area (Å²) in [5.41, 5.74) is 3.11. The van der Waals surface area contributed by atoms with Crippen molar-refractivity contribution in [1.29, 1.82) is 0 Å². The molecule has 3 N–H and O–H groups in total. The Hall–Kier alpha value is -4.06. The minimum Gasteiger partial charge on any atom is -0.494 e. The standard InChI is InChI=1S/C22H26N8O4/c1-23-22(32)19-15(9-18(27-28-19)26-21(31)13-5-6-13)25-16-8-12(11-33-3)7-14(20(16)34-4)17-10-24-30(2)29-17/h7-10,13H,5-6,11H2,1-4H3,(H,23,32)(H2,25,26,27,31). The van der Waals surface area contributed by atoms with Crippen LogP contribution in [0.15, 0.2) is 24.4 Å². The van der Waals surface area contributed by atoms with Crippen LogP contribution in [0.1, 0.15) is 28.9 Å². The number of ether oxygens (including phenoxy) is 2. The summed E-state index contributed by atoms with van der Waals surface area (Å²) in [5.74, 6) is 0.183. The van der Waals surface area contributed by atoms with E-state index in [0.29, 0.717) is 35.0 Å². The number of amides is 2. The van der Waals surface area contributed by atoms with E-state index >= 15 is 0 Å². The predicted octanol–water partition coefficient (Wildman–Crippen LogP) is 1.88. The first-order chi connectivity index (χ1) is 16.4. The fourth-order valence-electron chi connectivity index (χ4n) is 3.46. The van der Waals surface area contributed by atoms with Gasteiger partial charge in [0.15, 0.2) is 17.3 Å². The molecule has 4 rings (SSSR count). The topological polar surface area (TPSA) is 145 Å². The fraction of sp³-hybridized carbons (Fsp3) is 0.364. The highest BCUT2D eigenvalue weighted by Crippen LogP contribution is 2.39. The second-order valence-electron chi connectivity index (χ2n) is 7.84. The molecule has 1 aromatic carbocycles. The zero-order valence-corrected chi connectivity index (χ0v) is 19.4. The lowest BCUT2D eigenvalue weighted by molar-refractivity contribution is -0.117. The van der Waals surface area contributed by atoms with Crippen molar-refractivity contribution < 1.29 is 19.1 Å². The van der Waals surface area contributed by atoms with E-state index in [-0.39, 0.29) is 23.3 Å². The van der Waals surface area contributed by atoms with E-state index in [0.717, 1.165) is 18.4 Å². The van der Waals surface area contributed by atoms with Crippen molar-refractivity contribution in [3.05, 3.63) is 35.7 Å². The predicted molar refractivity (Wildman–Crippen MR) is 124 cm³/mol. The zero-order valence-electron chi connectivity index (χ0n) is 19.4. The number of rotatable bonds is 9. The van der Waals surface area contributed by atoms with Gasteiger partial charge in [0.25, 0.3) is 5.91 Å². The molecule has 12 heteroatoms. The summed E-state index contributed by atoms with van der Waals surface area (Å²) in [6.07, 6.45) is 3.35. The largest absolute Gasteiger partial charge is 0.494 e. The van der Waals surface area contributed by atoms with Gasteiger partial charge in [0, 0.05) is 38.8 Å². The maximum Gasteiger partial charge on any atom is 0.273 e. The third kappa shape index (κ3) is 4.96. The molecule has 1 aliphatic carbocycles. The molecule has 1 saturated carbocycles. The number of hydrogen-bond donors (Lipinski definition) is 3. The number of hydrogen-bond acceptors (Lipinski definition) is 9. The maximum atomic E-state index is 12.5. The van der Waals surface area contributed by atoms with E-state index in [1.165, 1.54) is 11.8 Å². The lowest BCUT2D eigenvalue weighted by Gasteiger charge is -2.18. The van der Waals surface area contributed by atoms with Crippen molar-refractivity contribution in [1.82, 2.24) is 30.5 Å². The van der Waals surface area contributed by atoms with Gasteiger partial charge in [0.05, 0.1) is 31.3 Å². The Morgan fingerprint density at radius 3 is 2.56 bits per heavy atom. The monoisotopic (exact) mass is 466 g/mol. The molecule has 0 spiro atoms. The van der Waals surface area contributed by atoms with E-state index < -0.39 is 5.91 Å². The molecule has 0 atom stereocenters. The number of aryl methyl sites for hydroxylation is 1. The van der Waals surface area contributed by atoms with Crippen LogP contribution in [0.5, 0.6) is 5.75 Å². The molecule has 0 aliphatic heterocycles. The van der Waals surface area contributed by atoms with Gasteiger partial charge in [0.2, 0.25) is 5.91 Å². The van der Waals surface area contributed by atoms with Crippen molar-refractivity contribution in [2.24, 2.45) is 13.0 Å². The second-order valence-corrected chi connectivity index (χ2v) is 7.84. The van der Waals surface area contributed by atoms with Gasteiger partial charge >= 0.3 is 0 Å². The molecule has 1 aliphatic rings. The van der Waals surface area contributed by atoms with Crippen LogP contribution in [0.25, 0.3) is 11.3 Å². The maximum absolute atomic E-state index is 12.5. The summed E-state index contributed by atoms with van der Waals surface area (Å²) >= 11 is 0. The van der Waals surface area contributed by atoms with Crippen LogP contribution in [0.2, 0.25) is 0 Å². The first-order valence-corrected chi connectivity index (χ1v) is 10.7. The van der Waals surface area contributed by atoms with Gasteiger partial charge in [-0.2, -0.15) is 15.0 Å². The third-order valence-electron chi connectivity index (χ3n) is 5.24. The van der Waals surface area contributed by atoms with E-state index in [2.05, 4.69) is 36.3 Å². The Bertz CT molecular complexity index is 1220. The average molecular weight is 467 g/mol. The first-order valence-electron chi connectivity index (χ1n) is 10.7. The van der Waals surface area contributed by atoms with E-state index in [1.54, 1.807) is 33.5 Å². The summed E-state index contributed by atoms with van der Waals surface area (Å²) in [5, 5.41) is 25.1. The number of benzene rings is 1. The third-order valence-corrected chi connectivity index (χ3v) is 5.24. The molecule has 2 aromatic heterocycles. The van der Waals surface area contributed by atoms with Crippen LogP contribution in [-0.4, -0.2) is 58.3 Å². The van der Waals surface area contributed by atoms with E-state index in [1.807, 2.05) is 12.1 Å². The average Bonchev–Trinajstić information content (AvgIpc) is 3.59. The highest BCUT2D eigenvalue weighted by Gasteiger charge is 2.30. The van der Waals surface area contributed by atoms with Crippen LogP contribution in [0, 0.1) is 5.92 Å². The molecule has 0 saturated heterocycles. The van der Waals surface area contributed by atoms with E-state index in [9.17, 15) is 9.59 Å². The fourth-order valence-corrected chi connectivity index (χ4v) is 3.46. The highest BCUT2D eigenvalue weighted by molar-refractivity contribution is 6.00. The molecule has 2 heterocycles. The van der Waals surface area contributed by atoms with Gasteiger partial charge in [0.1, 0.15) is 5.69 Å². The van der Waals surface area contributed by atoms with Gasteiger partial charge in [-0.3, -0.25) is 9.59 Å². The number of nitrogens with one attached hydrogen (secondary N) is 3. The molecule has 1 fully saturated rings. The zero-order chi connectivity index (χ0) is 24.2. The summed E-state index contributed by atoms with van der Waals surface area (Å²) < 4.78 is 11.0. The van der Waals surface area contributed by atoms with Crippen molar-refractivity contribution in [2.45, 2.75) is 19.4 Å². The minimum atomic E-state index is -0.434. The van der Waals surface area contributed by atoms with Crippen molar-refractivity contribution in [3.8, 4) is 17.0 Å². The molecule has 0 unspecified atom stereocenters. The van der Waals surface area contributed by atoms with Gasteiger partial charge in [-0.1, -0.05) is 0 Å². The number of nitrogens with zero attached hydrogens (tertiary/aromatic N) is 5. The number of carbonyl (C=O) groups excluding carboxylic acids is 2. The van der Waals surface area contributed by atoms with Gasteiger partial charge < -0.3 is 25.4 Å². The first kappa shape index (κ1) is 23.1.